The molecular weight excluding hydrogens is 126 g/mol. The molecule has 60 valence electrons. The topological polar surface area (TPSA) is 23.5 Å². The van der Waals surface area contributed by atoms with Crippen LogP contribution in [0, 0.1) is 5.92 Å². The zero-order valence-electron chi connectivity index (χ0n) is 6.88. The zero-order chi connectivity index (χ0) is 7.98. The highest BCUT2D eigenvalue weighted by molar-refractivity contribution is 4.72. The van der Waals surface area contributed by atoms with Gasteiger partial charge in [-0.15, -0.1) is 6.58 Å². The van der Waals surface area contributed by atoms with Gasteiger partial charge in [-0.25, -0.2) is 0 Å². The fraction of sp³-hybridized carbons (Fsp3) is 0.750. The van der Waals surface area contributed by atoms with Crippen LogP contribution in [0.15, 0.2) is 12.7 Å². The summed E-state index contributed by atoms with van der Waals surface area (Å²) in [5.74, 6) is 0.549. The molecule has 0 aliphatic rings. The number of hydrogen-bond donors (Lipinski definition) is 1. The third-order valence-electron chi connectivity index (χ3n) is 1.60. The van der Waals surface area contributed by atoms with Gasteiger partial charge in [-0.3, -0.25) is 0 Å². The molecule has 0 aromatic heterocycles. The van der Waals surface area contributed by atoms with Crippen molar-refractivity contribution in [2.45, 2.75) is 19.8 Å². The first-order valence-corrected chi connectivity index (χ1v) is 3.71. The lowest BCUT2D eigenvalue weighted by molar-refractivity contribution is -0.0760. The SMILES string of the molecule is C=CC[C@H](CC)CN(C)O. The Hall–Kier alpha value is -0.340. The van der Waals surface area contributed by atoms with Gasteiger partial charge in [0, 0.05) is 13.6 Å². The molecule has 10 heavy (non-hydrogen) atoms. The van der Waals surface area contributed by atoms with E-state index in [1.54, 1.807) is 7.05 Å². The molecular formula is C8H17NO. The smallest absolute Gasteiger partial charge is 0.0266 e. The Bertz CT molecular complexity index is 91.3. The molecule has 0 aliphatic heterocycles. The van der Waals surface area contributed by atoms with Crippen LogP contribution in [0.1, 0.15) is 19.8 Å². The first-order chi connectivity index (χ1) is 4.70. The van der Waals surface area contributed by atoms with E-state index in [9.17, 15) is 0 Å². The van der Waals surface area contributed by atoms with E-state index in [1.165, 1.54) is 5.06 Å². The van der Waals surface area contributed by atoms with E-state index in [0.29, 0.717) is 5.92 Å². The van der Waals surface area contributed by atoms with E-state index in [1.807, 2.05) is 6.08 Å². The van der Waals surface area contributed by atoms with Crippen molar-refractivity contribution in [1.82, 2.24) is 5.06 Å². The molecule has 2 heteroatoms. The molecule has 0 spiro atoms. The molecule has 0 aromatic carbocycles. The lowest BCUT2D eigenvalue weighted by atomic mass is 10.0. The molecule has 0 bridgehead atoms. The Morgan fingerprint density at radius 1 is 1.70 bits per heavy atom. The van der Waals surface area contributed by atoms with Gasteiger partial charge in [0.25, 0.3) is 0 Å². The molecule has 0 rings (SSSR count). The van der Waals surface area contributed by atoms with Gasteiger partial charge in [-0.1, -0.05) is 19.4 Å². The second-order valence-corrected chi connectivity index (χ2v) is 2.64. The molecule has 1 N–H and O–H groups in total. The highest BCUT2D eigenvalue weighted by Crippen LogP contribution is 2.08. The average Bonchev–Trinajstić information content (AvgIpc) is 1.86. The van der Waals surface area contributed by atoms with Crippen molar-refractivity contribution in [2.24, 2.45) is 5.92 Å². The van der Waals surface area contributed by atoms with E-state index >= 15 is 0 Å². The van der Waals surface area contributed by atoms with Gasteiger partial charge in [-0.2, -0.15) is 5.06 Å². The average molecular weight is 143 g/mol. The Labute approximate surface area is 63.1 Å². The lowest BCUT2D eigenvalue weighted by Crippen LogP contribution is -2.21. The largest absolute Gasteiger partial charge is 0.314 e. The van der Waals surface area contributed by atoms with Crippen LogP contribution in [-0.4, -0.2) is 23.9 Å². The minimum absolute atomic E-state index is 0.549. The van der Waals surface area contributed by atoms with Gasteiger partial charge in [-0.05, 0) is 12.3 Å². The van der Waals surface area contributed by atoms with E-state index in [4.69, 9.17) is 5.21 Å². The Morgan fingerprint density at radius 2 is 2.30 bits per heavy atom. The second kappa shape index (κ2) is 5.45. The van der Waals surface area contributed by atoms with Crippen LogP contribution in [0.25, 0.3) is 0 Å². The predicted molar refractivity (Wildman–Crippen MR) is 43.0 cm³/mol. The summed E-state index contributed by atoms with van der Waals surface area (Å²) in [6, 6.07) is 0. The fourth-order valence-electron chi connectivity index (χ4n) is 0.980. The standard InChI is InChI=1S/C8H17NO/c1-4-6-8(5-2)7-9(3)10/h4,8,10H,1,5-7H2,2-3H3/t8-/m0/s1. The second-order valence-electron chi connectivity index (χ2n) is 2.64. The summed E-state index contributed by atoms with van der Waals surface area (Å²) in [7, 11) is 1.67. The van der Waals surface area contributed by atoms with Crippen LogP contribution >= 0.6 is 0 Å². The van der Waals surface area contributed by atoms with Crippen molar-refractivity contribution in [3.05, 3.63) is 12.7 Å². The van der Waals surface area contributed by atoms with Crippen LogP contribution in [0.2, 0.25) is 0 Å². The maximum absolute atomic E-state index is 8.88. The molecule has 2 nitrogen and oxygen atoms in total. The maximum Gasteiger partial charge on any atom is 0.0266 e. The van der Waals surface area contributed by atoms with Crippen molar-refractivity contribution >= 4 is 0 Å². The van der Waals surface area contributed by atoms with E-state index < -0.39 is 0 Å². The van der Waals surface area contributed by atoms with Gasteiger partial charge in [0.15, 0.2) is 0 Å². The summed E-state index contributed by atoms with van der Waals surface area (Å²) in [5.41, 5.74) is 0. The van der Waals surface area contributed by atoms with Crippen molar-refractivity contribution in [3.8, 4) is 0 Å². The first-order valence-electron chi connectivity index (χ1n) is 3.71. The van der Waals surface area contributed by atoms with Crippen LogP contribution in [0.4, 0.5) is 0 Å². The van der Waals surface area contributed by atoms with Crippen molar-refractivity contribution in [1.29, 1.82) is 0 Å². The quantitative estimate of drug-likeness (QED) is 0.469. The van der Waals surface area contributed by atoms with Gasteiger partial charge in [0.1, 0.15) is 0 Å². The van der Waals surface area contributed by atoms with E-state index in [-0.39, 0.29) is 0 Å². The number of hydrogen-bond acceptors (Lipinski definition) is 2. The molecule has 0 amide bonds. The van der Waals surface area contributed by atoms with Gasteiger partial charge < -0.3 is 5.21 Å². The fourth-order valence-corrected chi connectivity index (χ4v) is 0.980. The molecule has 0 fully saturated rings. The normalized spacial score (nSPS) is 13.6. The van der Waals surface area contributed by atoms with Crippen LogP contribution in [0.5, 0.6) is 0 Å². The molecule has 0 heterocycles. The Balaban J connectivity index is 3.48. The zero-order valence-corrected chi connectivity index (χ0v) is 6.88. The van der Waals surface area contributed by atoms with Crippen molar-refractivity contribution < 1.29 is 5.21 Å². The third kappa shape index (κ3) is 4.53. The molecule has 0 aliphatic carbocycles. The number of nitrogens with zero attached hydrogens (tertiary/aromatic N) is 1. The first kappa shape index (κ1) is 9.66. The van der Waals surface area contributed by atoms with Gasteiger partial charge in [0.05, 0.1) is 0 Å². The molecule has 0 unspecified atom stereocenters. The monoisotopic (exact) mass is 143 g/mol. The summed E-state index contributed by atoms with van der Waals surface area (Å²) < 4.78 is 0. The summed E-state index contributed by atoms with van der Waals surface area (Å²) in [4.78, 5) is 0. The summed E-state index contributed by atoms with van der Waals surface area (Å²) in [6.07, 6.45) is 3.98. The number of rotatable bonds is 5. The number of allylic oxidation sites excluding steroid dienone is 1. The Kier molecular flexibility index (Phi) is 5.26. The van der Waals surface area contributed by atoms with Crippen molar-refractivity contribution in [2.75, 3.05) is 13.6 Å². The third-order valence-corrected chi connectivity index (χ3v) is 1.60. The minimum Gasteiger partial charge on any atom is -0.314 e. The molecule has 0 saturated heterocycles. The molecule has 1 atom stereocenters. The highest BCUT2D eigenvalue weighted by Gasteiger charge is 2.04. The summed E-state index contributed by atoms with van der Waals surface area (Å²) in [6.45, 7) is 6.52. The van der Waals surface area contributed by atoms with Gasteiger partial charge in [0.2, 0.25) is 0 Å². The van der Waals surface area contributed by atoms with E-state index in [2.05, 4.69) is 13.5 Å². The lowest BCUT2D eigenvalue weighted by Gasteiger charge is -2.15. The van der Waals surface area contributed by atoms with E-state index in [0.717, 1.165) is 19.4 Å². The van der Waals surface area contributed by atoms with Crippen molar-refractivity contribution in [3.63, 3.8) is 0 Å². The van der Waals surface area contributed by atoms with Crippen LogP contribution in [-0.2, 0) is 0 Å². The van der Waals surface area contributed by atoms with Crippen LogP contribution in [0.3, 0.4) is 0 Å². The van der Waals surface area contributed by atoms with Crippen LogP contribution < -0.4 is 0 Å². The molecule has 0 aromatic rings. The molecule has 0 saturated carbocycles. The Morgan fingerprint density at radius 3 is 2.60 bits per heavy atom. The number of hydroxylamine groups is 2. The minimum atomic E-state index is 0.549. The molecule has 0 radical (unpaired) electrons. The maximum atomic E-state index is 8.88. The van der Waals surface area contributed by atoms with Gasteiger partial charge >= 0.3 is 0 Å². The predicted octanol–water partition coefficient (Wildman–Crippen LogP) is 1.91. The summed E-state index contributed by atoms with van der Waals surface area (Å²) >= 11 is 0. The summed E-state index contributed by atoms with van der Waals surface area (Å²) in [5, 5.41) is 10.1. The highest BCUT2D eigenvalue weighted by atomic mass is 16.5.